The van der Waals surface area contributed by atoms with E-state index in [9.17, 15) is 17.8 Å². The van der Waals surface area contributed by atoms with Gasteiger partial charge >= 0.3 is 5.97 Å². The molecule has 0 atom stereocenters. The fourth-order valence-electron chi connectivity index (χ4n) is 3.23. The topological polar surface area (TPSA) is 83.5 Å². The second-order valence-corrected chi connectivity index (χ2v) is 11.1. The van der Waals surface area contributed by atoms with Crippen LogP contribution in [0.1, 0.15) is 39.9 Å². The highest BCUT2D eigenvalue weighted by Gasteiger charge is 2.25. The first-order valence-corrected chi connectivity index (χ1v) is 12.7. The van der Waals surface area contributed by atoms with Crippen LogP contribution in [0.2, 0.25) is 0 Å². The smallest absolute Gasteiger partial charge is 0.344 e. The van der Waals surface area contributed by atoms with Crippen molar-refractivity contribution < 1.29 is 22.5 Å². The highest BCUT2D eigenvalue weighted by molar-refractivity contribution is 14.1. The van der Waals surface area contributed by atoms with E-state index in [1.54, 1.807) is 13.0 Å². The van der Waals surface area contributed by atoms with Gasteiger partial charge in [0.15, 0.2) is 0 Å². The number of esters is 1. The van der Waals surface area contributed by atoms with Gasteiger partial charge in [-0.25, -0.2) is 13.2 Å². The van der Waals surface area contributed by atoms with Crippen molar-refractivity contribution in [3.63, 3.8) is 0 Å². The molecule has 1 aliphatic rings. The molecule has 1 aliphatic carbocycles. The molecule has 3 rings (SSSR count). The van der Waals surface area contributed by atoms with Gasteiger partial charge in [0.25, 0.3) is 0 Å². The maximum atomic E-state index is 12.8. The minimum absolute atomic E-state index is 0.187. The third-order valence-corrected chi connectivity index (χ3v) is 8.99. The average molecular weight is 723 g/mol. The Morgan fingerprint density at radius 2 is 1.70 bits per heavy atom. The van der Waals surface area contributed by atoms with Crippen LogP contribution in [0.4, 0.5) is 0 Å². The number of fused-ring (bicyclic) bond motifs is 1. The lowest BCUT2D eigenvalue weighted by atomic mass is 9.89. The minimum atomic E-state index is -4.58. The Labute approximate surface area is 198 Å². The summed E-state index contributed by atoms with van der Waals surface area (Å²) in [6, 6.07) is 5.07. The SMILES string of the molecule is Cc1cc(S(=O)(=O)[O-])c2c(c1OC(=O)c1cc(I)cc(I)c1I)CCCC2. The number of carbonyl (C=O) groups is 1. The summed E-state index contributed by atoms with van der Waals surface area (Å²) in [7, 11) is -4.58. The second-order valence-electron chi connectivity index (χ2n) is 6.28. The van der Waals surface area contributed by atoms with E-state index in [4.69, 9.17) is 4.74 Å². The zero-order valence-corrected chi connectivity index (χ0v) is 21.4. The van der Waals surface area contributed by atoms with Crippen LogP contribution < -0.4 is 4.74 Å². The summed E-state index contributed by atoms with van der Waals surface area (Å²) in [6.45, 7) is 1.66. The predicted octanol–water partition coefficient (Wildman–Crippen LogP) is 4.81. The van der Waals surface area contributed by atoms with Crippen LogP contribution >= 0.6 is 67.8 Å². The molecule has 0 unspecified atom stereocenters. The van der Waals surface area contributed by atoms with Gasteiger partial charge in [-0.3, -0.25) is 0 Å². The molecular weight excluding hydrogens is 709 g/mol. The van der Waals surface area contributed by atoms with Crippen molar-refractivity contribution in [3.05, 3.63) is 51.2 Å². The fourth-order valence-corrected chi connectivity index (χ4v) is 6.46. The Hall–Kier alpha value is 0.0100. The summed E-state index contributed by atoms with van der Waals surface area (Å²) < 4.78 is 43.4. The first-order valence-electron chi connectivity index (χ1n) is 8.07. The van der Waals surface area contributed by atoms with E-state index >= 15 is 0 Å². The molecule has 2 aromatic carbocycles. The molecule has 0 bridgehead atoms. The molecule has 0 aliphatic heterocycles. The maximum absolute atomic E-state index is 12.8. The largest absolute Gasteiger partial charge is 0.744 e. The van der Waals surface area contributed by atoms with Gasteiger partial charge in [0.1, 0.15) is 15.9 Å². The molecule has 0 saturated carbocycles. The zero-order valence-electron chi connectivity index (χ0n) is 14.1. The summed E-state index contributed by atoms with van der Waals surface area (Å²) in [5, 5.41) is 0. The lowest BCUT2D eigenvalue weighted by Crippen LogP contribution is -2.17. The number of ether oxygens (including phenoxy) is 1. The quantitative estimate of drug-likeness (QED) is 0.149. The normalized spacial score (nSPS) is 14.0. The Balaban J connectivity index is 2.10. The Morgan fingerprint density at radius 3 is 2.33 bits per heavy atom. The van der Waals surface area contributed by atoms with E-state index in [2.05, 4.69) is 67.8 Å². The fraction of sp³-hybridized carbons (Fsp3) is 0.278. The molecule has 0 saturated heterocycles. The van der Waals surface area contributed by atoms with Gasteiger partial charge in [0.2, 0.25) is 0 Å². The molecule has 0 N–H and O–H groups in total. The molecule has 5 nitrogen and oxygen atoms in total. The number of aryl methyl sites for hydroxylation is 1. The molecule has 0 fully saturated rings. The van der Waals surface area contributed by atoms with Gasteiger partial charge in [-0.05, 0) is 135 Å². The van der Waals surface area contributed by atoms with Crippen LogP contribution in [-0.4, -0.2) is 18.9 Å². The molecule has 0 radical (unpaired) electrons. The Bertz CT molecular complexity index is 1050. The van der Waals surface area contributed by atoms with E-state index in [-0.39, 0.29) is 4.90 Å². The van der Waals surface area contributed by atoms with Crippen LogP contribution in [-0.2, 0) is 23.0 Å². The summed E-state index contributed by atoms with van der Waals surface area (Å²) >= 11 is 6.44. The number of halogens is 3. The first-order chi connectivity index (χ1) is 12.6. The third kappa shape index (κ3) is 4.61. The third-order valence-electron chi connectivity index (χ3n) is 4.42. The number of benzene rings is 2. The minimum Gasteiger partial charge on any atom is -0.744 e. The number of hydrogen-bond donors (Lipinski definition) is 0. The van der Waals surface area contributed by atoms with Gasteiger partial charge in [-0.2, -0.15) is 0 Å². The van der Waals surface area contributed by atoms with Crippen LogP contribution in [0, 0.1) is 17.6 Å². The van der Waals surface area contributed by atoms with Crippen molar-refractivity contribution in [1.82, 2.24) is 0 Å². The summed E-state index contributed by atoms with van der Waals surface area (Å²) in [6.07, 6.45) is 2.75. The lowest BCUT2D eigenvalue weighted by Gasteiger charge is -2.25. The van der Waals surface area contributed by atoms with Crippen molar-refractivity contribution in [3.8, 4) is 5.75 Å². The van der Waals surface area contributed by atoms with Crippen molar-refractivity contribution in [2.24, 2.45) is 0 Å². The van der Waals surface area contributed by atoms with Crippen molar-refractivity contribution in [2.75, 3.05) is 0 Å². The molecule has 2 aromatic rings. The van der Waals surface area contributed by atoms with Gasteiger partial charge < -0.3 is 9.29 Å². The van der Waals surface area contributed by atoms with Gasteiger partial charge in [0.05, 0.1) is 10.5 Å². The van der Waals surface area contributed by atoms with E-state index in [0.29, 0.717) is 40.8 Å². The van der Waals surface area contributed by atoms with Crippen LogP contribution in [0.3, 0.4) is 0 Å². The van der Waals surface area contributed by atoms with E-state index < -0.39 is 16.1 Å². The highest BCUT2D eigenvalue weighted by atomic mass is 127. The number of carbonyl (C=O) groups excluding carboxylic acids is 1. The maximum Gasteiger partial charge on any atom is 0.344 e. The summed E-state index contributed by atoms with van der Waals surface area (Å²) in [4.78, 5) is 12.7. The zero-order chi connectivity index (χ0) is 19.9. The van der Waals surface area contributed by atoms with Crippen LogP contribution in [0.15, 0.2) is 23.1 Å². The van der Waals surface area contributed by atoms with Gasteiger partial charge in [0, 0.05) is 10.7 Å². The molecule has 0 heterocycles. The van der Waals surface area contributed by atoms with Crippen LogP contribution in [0.5, 0.6) is 5.75 Å². The second kappa shape index (κ2) is 8.40. The van der Waals surface area contributed by atoms with E-state index in [0.717, 1.165) is 23.6 Å². The monoisotopic (exact) mass is 723 g/mol. The molecular formula is C18H14I3O5S-. The summed E-state index contributed by atoms with van der Waals surface area (Å²) in [5.41, 5.74) is 2.11. The molecule has 0 aromatic heterocycles. The standard InChI is InChI=1S/C18H15I3O5S/c1-9-6-15(27(23,24)25)11-4-2-3-5-12(11)17(9)26-18(22)13-7-10(19)8-14(20)16(13)21/h6-8H,2-5H2,1H3,(H,23,24,25)/p-1. The Morgan fingerprint density at radius 1 is 1.07 bits per heavy atom. The van der Waals surface area contributed by atoms with E-state index in [1.807, 2.05) is 6.07 Å². The van der Waals surface area contributed by atoms with Gasteiger partial charge in [-0.1, -0.05) is 0 Å². The first kappa shape index (κ1) is 21.7. The van der Waals surface area contributed by atoms with Crippen molar-refractivity contribution in [1.29, 1.82) is 0 Å². The van der Waals surface area contributed by atoms with Gasteiger partial charge in [-0.15, -0.1) is 0 Å². The molecule has 0 amide bonds. The lowest BCUT2D eigenvalue weighted by molar-refractivity contribution is 0.0730. The van der Waals surface area contributed by atoms with Crippen molar-refractivity contribution >= 4 is 83.9 Å². The Kier molecular flexibility index (Phi) is 6.75. The predicted molar refractivity (Wildman–Crippen MR) is 125 cm³/mol. The molecule has 9 heteroatoms. The molecule has 144 valence electrons. The number of hydrogen-bond acceptors (Lipinski definition) is 5. The highest BCUT2D eigenvalue weighted by Crippen LogP contribution is 2.37. The molecule has 0 spiro atoms. The van der Waals surface area contributed by atoms with Crippen LogP contribution in [0.25, 0.3) is 0 Å². The molecule has 27 heavy (non-hydrogen) atoms. The van der Waals surface area contributed by atoms with Crippen molar-refractivity contribution in [2.45, 2.75) is 37.5 Å². The van der Waals surface area contributed by atoms with E-state index in [1.165, 1.54) is 6.07 Å². The summed E-state index contributed by atoms with van der Waals surface area (Å²) in [5.74, 6) is -0.101. The number of rotatable bonds is 3. The average Bonchev–Trinajstić information content (AvgIpc) is 2.59.